The highest BCUT2D eigenvalue weighted by atomic mass is 19.3. The van der Waals surface area contributed by atoms with Gasteiger partial charge in [0, 0.05) is 12.0 Å². The van der Waals surface area contributed by atoms with Crippen molar-refractivity contribution in [1.29, 1.82) is 0 Å². The fraction of sp³-hybridized carbons (Fsp3) is 1.00. The van der Waals surface area contributed by atoms with E-state index in [4.69, 9.17) is 0 Å². The molecule has 10 heavy (non-hydrogen) atoms. The van der Waals surface area contributed by atoms with Crippen LogP contribution in [0.3, 0.4) is 0 Å². The Balaban J connectivity index is 2.05. The molecule has 58 valence electrons. The Morgan fingerprint density at radius 3 is 2.80 bits per heavy atom. The van der Waals surface area contributed by atoms with Crippen LogP contribution in [0.15, 0.2) is 0 Å². The monoisotopic (exact) mass is 147 g/mol. The van der Waals surface area contributed by atoms with Gasteiger partial charge in [-0.2, -0.15) is 0 Å². The van der Waals surface area contributed by atoms with E-state index in [2.05, 4.69) is 5.32 Å². The standard InChI is InChI=1S/C7H11F2N/c8-6(9)7-3-5(7)1-2-10-4-7/h5-6,10H,1-4H2. The molecule has 2 aliphatic rings. The zero-order valence-electron chi connectivity index (χ0n) is 5.74. The summed E-state index contributed by atoms with van der Waals surface area (Å²) in [7, 11) is 0. The van der Waals surface area contributed by atoms with Crippen LogP contribution in [0, 0.1) is 11.3 Å². The van der Waals surface area contributed by atoms with E-state index in [0.29, 0.717) is 12.5 Å². The molecule has 1 saturated carbocycles. The predicted octanol–water partition coefficient (Wildman–Crippen LogP) is 1.25. The molecule has 2 fully saturated rings. The lowest BCUT2D eigenvalue weighted by molar-refractivity contribution is 0.0440. The van der Waals surface area contributed by atoms with Gasteiger partial charge in [0.15, 0.2) is 0 Å². The molecule has 0 spiro atoms. The summed E-state index contributed by atoms with van der Waals surface area (Å²) >= 11 is 0. The van der Waals surface area contributed by atoms with E-state index < -0.39 is 11.8 Å². The highest BCUT2D eigenvalue weighted by Crippen LogP contribution is 2.59. The van der Waals surface area contributed by atoms with E-state index in [9.17, 15) is 8.78 Å². The lowest BCUT2D eigenvalue weighted by Gasteiger charge is -2.21. The average Bonchev–Trinajstić information content (AvgIpc) is 2.61. The van der Waals surface area contributed by atoms with Gasteiger partial charge in [-0.1, -0.05) is 0 Å². The summed E-state index contributed by atoms with van der Waals surface area (Å²) in [5.41, 5.74) is -0.599. The Bertz CT molecular complexity index is 149. The zero-order chi connectivity index (χ0) is 7.19. The number of halogens is 2. The second kappa shape index (κ2) is 1.91. The quantitative estimate of drug-likeness (QED) is 0.588. The first-order valence-electron chi connectivity index (χ1n) is 3.74. The van der Waals surface area contributed by atoms with E-state index in [1.54, 1.807) is 0 Å². The van der Waals surface area contributed by atoms with Crippen LogP contribution in [0.5, 0.6) is 0 Å². The van der Waals surface area contributed by atoms with E-state index >= 15 is 0 Å². The van der Waals surface area contributed by atoms with Crippen molar-refractivity contribution in [3.05, 3.63) is 0 Å². The maximum absolute atomic E-state index is 12.3. The average molecular weight is 147 g/mol. The number of rotatable bonds is 1. The SMILES string of the molecule is FC(F)C12CNCCC1C2. The van der Waals surface area contributed by atoms with E-state index in [1.165, 1.54) is 0 Å². The second-order valence-electron chi connectivity index (χ2n) is 3.40. The molecule has 1 aliphatic heterocycles. The molecule has 1 nitrogen and oxygen atoms in total. The van der Waals surface area contributed by atoms with Crippen LogP contribution in [0.2, 0.25) is 0 Å². The van der Waals surface area contributed by atoms with Crippen LogP contribution in [0.1, 0.15) is 12.8 Å². The molecule has 0 amide bonds. The van der Waals surface area contributed by atoms with Crippen LogP contribution in [0.4, 0.5) is 8.78 Å². The summed E-state index contributed by atoms with van der Waals surface area (Å²) in [4.78, 5) is 0. The molecule has 0 aromatic carbocycles. The molecule has 2 unspecified atom stereocenters. The number of fused-ring (bicyclic) bond motifs is 1. The summed E-state index contributed by atoms with van der Waals surface area (Å²) < 4.78 is 24.6. The Labute approximate surface area is 58.8 Å². The summed E-state index contributed by atoms with van der Waals surface area (Å²) in [5, 5.41) is 3.02. The van der Waals surface area contributed by atoms with Crippen molar-refractivity contribution in [3.8, 4) is 0 Å². The summed E-state index contributed by atoms with van der Waals surface area (Å²) in [6, 6.07) is 0. The molecule has 0 aromatic heterocycles. The molecule has 1 saturated heterocycles. The third-order valence-electron chi connectivity index (χ3n) is 2.84. The van der Waals surface area contributed by atoms with Gasteiger partial charge in [-0.15, -0.1) is 0 Å². The minimum absolute atomic E-state index is 0.328. The summed E-state index contributed by atoms with van der Waals surface area (Å²) in [6.07, 6.45) is -0.410. The number of piperidine rings is 1. The van der Waals surface area contributed by atoms with Crippen LogP contribution < -0.4 is 5.32 Å². The van der Waals surface area contributed by atoms with Crippen LogP contribution in [-0.2, 0) is 0 Å². The van der Waals surface area contributed by atoms with Crippen LogP contribution in [0.25, 0.3) is 0 Å². The highest BCUT2D eigenvalue weighted by Gasteiger charge is 2.61. The first-order valence-corrected chi connectivity index (χ1v) is 3.74. The van der Waals surface area contributed by atoms with Gasteiger partial charge in [0.1, 0.15) is 0 Å². The fourth-order valence-electron chi connectivity index (χ4n) is 1.95. The third-order valence-corrected chi connectivity index (χ3v) is 2.84. The van der Waals surface area contributed by atoms with Gasteiger partial charge in [0.2, 0.25) is 6.43 Å². The highest BCUT2D eigenvalue weighted by molar-refractivity contribution is 5.07. The first-order chi connectivity index (χ1) is 4.76. The third kappa shape index (κ3) is 0.698. The van der Waals surface area contributed by atoms with Crippen LogP contribution in [-0.4, -0.2) is 19.5 Å². The maximum Gasteiger partial charge on any atom is 0.245 e. The predicted molar refractivity (Wildman–Crippen MR) is 34.0 cm³/mol. The molecule has 1 heterocycles. The molecule has 1 aliphatic carbocycles. The van der Waals surface area contributed by atoms with Gasteiger partial charge in [-0.25, -0.2) is 8.78 Å². The Morgan fingerprint density at radius 1 is 1.50 bits per heavy atom. The van der Waals surface area contributed by atoms with Crippen molar-refractivity contribution in [2.45, 2.75) is 19.3 Å². The molecule has 2 rings (SSSR count). The van der Waals surface area contributed by atoms with Crippen molar-refractivity contribution in [2.24, 2.45) is 11.3 Å². The van der Waals surface area contributed by atoms with E-state index in [-0.39, 0.29) is 0 Å². The van der Waals surface area contributed by atoms with Crippen LogP contribution >= 0.6 is 0 Å². The molecule has 0 bridgehead atoms. The maximum atomic E-state index is 12.3. The molecule has 0 aromatic rings. The van der Waals surface area contributed by atoms with E-state index in [1.807, 2.05) is 0 Å². The zero-order valence-corrected chi connectivity index (χ0v) is 5.74. The summed E-state index contributed by atoms with van der Waals surface area (Å²) in [5.74, 6) is 0.328. The van der Waals surface area contributed by atoms with Gasteiger partial charge in [-0.3, -0.25) is 0 Å². The molecular weight excluding hydrogens is 136 g/mol. The lowest BCUT2D eigenvalue weighted by atomic mass is 10.00. The first kappa shape index (κ1) is 6.53. The van der Waals surface area contributed by atoms with Gasteiger partial charge in [0.25, 0.3) is 0 Å². The minimum atomic E-state index is -2.11. The number of hydrogen-bond acceptors (Lipinski definition) is 1. The molecular formula is C7H11F2N. The van der Waals surface area contributed by atoms with Crippen molar-refractivity contribution in [3.63, 3.8) is 0 Å². The van der Waals surface area contributed by atoms with Gasteiger partial charge in [0.05, 0.1) is 0 Å². The van der Waals surface area contributed by atoms with Crippen molar-refractivity contribution < 1.29 is 8.78 Å². The smallest absolute Gasteiger partial charge is 0.245 e. The molecule has 2 atom stereocenters. The Hall–Kier alpha value is -0.180. The van der Waals surface area contributed by atoms with Gasteiger partial charge >= 0.3 is 0 Å². The molecule has 1 N–H and O–H groups in total. The topological polar surface area (TPSA) is 12.0 Å². The number of hydrogen-bond donors (Lipinski definition) is 1. The molecule has 0 radical (unpaired) electrons. The van der Waals surface area contributed by atoms with Gasteiger partial charge in [-0.05, 0) is 25.3 Å². The number of nitrogens with one attached hydrogen (secondary N) is 1. The second-order valence-corrected chi connectivity index (χ2v) is 3.40. The normalized spacial score (nSPS) is 45.3. The fourth-order valence-corrected chi connectivity index (χ4v) is 1.95. The van der Waals surface area contributed by atoms with E-state index in [0.717, 1.165) is 19.4 Å². The lowest BCUT2D eigenvalue weighted by Crippen LogP contribution is -2.35. The van der Waals surface area contributed by atoms with Crippen molar-refractivity contribution in [1.82, 2.24) is 5.32 Å². The summed E-state index contributed by atoms with van der Waals surface area (Å²) in [6.45, 7) is 1.47. The van der Waals surface area contributed by atoms with Crippen molar-refractivity contribution in [2.75, 3.05) is 13.1 Å². The largest absolute Gasteiger partial charge is 0.316 e. The van der Waals surface area contributed by atoms with Gasteiger partial charge < -0.3 is 5.32 Å². The minimum Gasteiger partial charge on any atom is -0.316 e. The molecule has 3 heteroatoms. The van der Waals surface area contributed by atoms with Crippen molar-refractivity contribution >= 4 is 0 Å². The Morgan fingerprint density at radius 2 is 2.30 bits per heavy atom. The Kier molecular flexibility index (Phi) is 1.24. The number of alkyl halides is 2.